The summed E-state index contributed by atoms with van der Waals surface area (Å²) in [7, 11) is 0. The monoisotopic (exact) mass is 640 g/mol. The Morgan fingerprint density at radius 1 is 0.458 bits per heavy atom. The maximum Gasteiger partial charge on any atom is 0.201 e. The predicted molar refractivity (Wildman–Crippen MR) is 209 cm³/mol. The van der Waals surface area contributed by atoms with Gasteiger partial charge in [0.15, 0.2) is 0 Å². The van der Waals surface area contributed by atoms with E-state index in [1.165, 1.54) is 72.1 Å². The van der Waals surface area contributed by atoms with E-state index in [4.69, 9.17) is 0 Å². The minimum atomic E-state index is 0.000501. The second-order valence-corrected chi connectivity index (χ2v) is 13.0. The van der Waals surface area contributed by atoms with Crippen LogP contribution in [0.1, 0.15) is 90.5 Å². The highest BCUT2D eigenvalue weighted by atomic mass is 16.1. The van der Waals surface area contributed by atoms with Gasteiger partial charge in [0.1, 0.15) is 0 Å². The van der Waals surface area contributed by atoms with E-state index >= 15 is 0 Å². The molecule has 0 aromatic heterocycles. The molecule has 0 radical (unpaired) electrons. The van der Waals surface area contributed by atoms with Gasteiger partial charge in [-0.1, -0.05) is 126 Å². The Morgan fingerprint density at radius 2 is 0.917 bits per heavy atom. The summed E-state index contributed by atoms with van der Waals surface area (Å²) in [6, 6.07) is 30.8. The average molecular weight is 641 g/mol. The van der Waals surface area contributed by atoms with E-state index in [-0.39, 0.29) is 10.9 Å². The molecule has 0 spiro atoms. The molecule has 5 aromatic rings. The van der Waals surface area contributed by atoms with E-state index in [0.29, 0.717) is 11.4 Å². The van der Waals surface area contributed by atoms with Crippen molar-refractivity contribution in [3.63, 3.8) is 0 Å². The molecule has 0 amide bonds. The van der Waals surface area contributed by atoms with Gasteiger partial charge >= 0.3 is 0 Å². The summed E-state index contributed by atoms with van der Waals surface area (Å²) in [5, 5.41) is 11.5. The van der Waals surface area contributed by atoms with E-state index in [1.807, 2.05) is 24.3 Å². The molecule has 4 heteroatoms. The Bertz CT molecular complexity index is 1820. The molecular weight excluding hydrogens is 588 g/mol. The molecule has 0 bridgehead atoms. The number of unbranched alkanes of at least 4 members (excludes halogenated alkanes) is 7. The second kappa shape index (κ2) is 17.6. The van der Waals surface area contributed by atoms with Crippen molar-refractivity contribution in [2.75, 3.05) is 23.7 Å². The van der Waals surface area contributed by atoms with Gasteiger partial charge in [0.25, 0.3) is 0 Å². The third-order valence-electron chi connectivity index (χ3n) is 9.40. The normalized spacial score (nSPS) is 11.2. The zero-order chi connectivity index (χ0) is 33.7. The predicted octanol–water partition coefficient (Wildman–Crippen LogP) is 11.4. The Hall–Kier alpha value is -4.44. The first-order valence-corrected chi connectivity index (χ1v) is 18.3. The van der Waals surface area contributed by atoms with Crippen LogP contribution in [0.3, 0.4) is 0 Å². The van der Waals surface area contributed by atoms with Crippen molar-refractivity contribution in [3.05, 3.63) is 117 Å². The Balaban J connectivity index is 1.63. The van der Waals surface area contributed by atoms with Crippen LogP contribution in [-0.4, -0.2) is 13.1 Å². The lowest BCUT2D eigenvalue weighted by molar-refractivity contribution is 0.576. The van der Waals surface area contributed by atoms with Gasteiger partial charge in [-0.15, -0.1) is 0 Å². The van der Waals surface area contributed by atoms with Crippen molar-refractivity contribution in [1.29, 1.82) is 0 Å². The molecule has 0 fully saturated rings. The molecule has 0 saturated heterocycles. The zero-order valence-electron chi connectivity index (χ0n) is 29.2. The van der Waals surface area contributed by atoms with Crippen molar-refractivity contribution in [2.24, 2.45) is 0 Å². The SMILES string of the molecule is CCCCCCCCCCc1c2cccc(-c3ccc(NCCC)c(=O)cc3)c2cc2c(-c3ccc(NCCC)c(=O)cc3)cccc12. The van der Waals surface area contributed by atoms with Crippen LogP contribution in [0.5, 0.6) is 0 Å². The molecule has 0 aliphatic carbocycles. The number of aryl methyl sites for hydroxylation is 1. The van der Waals surface area contributed by atoms with Gasteiger partial charge in [0, 0.05) is 13.1 Å². The molecule has 4 nitrogen and oxygen atoms in total. The van der Waals surface area contributed by atoms with Crippen molar-refractivity contribution in [1.82, 2.24) is 0 Å². The molecular formula is C44H52N2O2. The van der Waals surface area contributed by atoms with Crippen molar-refractivity contribution in [2.45, 2.75) is 91.4 Å². The minimum Gasteiger partial charge on any atom is -0.382 e. The van der Waals surface area contributed by atoms with Gasteiger partial charge < -0.3 is 10.6 Å². The molecule has 0 heterocycles. The highest BCUT2D eigenvalue weighted by molar-refractivity contribution is 6.11. The van der Waals surface area contributed by atoms with Gasteiger partial charge in [0.05, 0.1) is 11.4 Å². The molecule has 5 aromatic carbocycles. The average Bonchev–Trinajstić information content (AvgIpc) is 3.41. The maximum absolute atomic E-state index is 12.9. The maximum atomic E-state index is 12.9. The van der Waals surface area contributed by atoms with Gasteiger partial charge in [-0.25, -0.2) is 0 Å². The molecule has 2 N–H and O–H groups in total. The lowest BCUT2D eigenvalue weighted by Crippen LogP contribution is -2.08. The van der Waals surface area contributed by atoms with Crippen molar-refractivity contribution >= 4 is 32.9 Å². The molecule has 0 unspecified atom stereocenters. The summed E-state index contributed by atoms with van der Waals surface area (Å²) in [5.74, 6) is 0. The van der Waals surface area contributed by atoms with Crippen LogP contribution in [0.2, 0.25) is 0 Å². The summed E-state index contributed by atoms with van der Waals surface area (Å²) < 4.78 is 0. The number of hydrogen-bond acceptors (Lipinski definition) is 4. The molecule has 0 saturated carbocycles. The van der Waals surface area contributed by atoms with E-state index < -0.39 is 0 Å². The van der Waals surface area contributed by atoms with E-state index in [2.05, 4.69) is 86.0 Å². The first kappa shape index (κ1) is 34.9. The van der Waals surface area contributed by atoms with Crippen LogP contribution < -0.4 is 21.5 Å². The van der Waals surface area contributed by atoms with E-state index in [0.717, 1.165) is 61.0 Å². The van der Waals surface area contributed by atoms with Gasteiger partial charge in [0.2, 0.25) is 10.9 Å². The van der Waals surface area contributed by atoms with Gasteiger partial charge in [-0.3, -0.25) is 9.59 Å². The molecule has 48 heavy (non-hydrogen) atoms. The second-order valence-electron chi connectivity index (χ2n) is 13.0. The lowest BCUT2D eigenvalue weighted by atomic mass is 9.87. The Morgan fingerprint density at radius 3 is 1.40 bits per heavy atom. The number of anilines is 2. The minimum absolute atomic E-state index is 0.000501. The smallest absolute Gasteiger partial charge is 0.201 e. The van der Waals surface area contributed by atoms with E-state index in [9.17, 15) is 9.59 Å². The first-order valence-electron chi connectivity index (χ1n) is 18.3. The third-order valence-corrected chi connectivity index (χ3v) is 9.40. The molecule has 0 atom stereocenters. The number of hydrogen-bond donors (Lipinski definition) is 2. The van der Waals surface area contributed by atoms with Crippen molar-refractivity contribution < 1.29 is 0 Å². The summed E-state index contributed by atoms with van der Waals surface area (Å²) in [4.78, 5) is 25.8. The fourth-order valence-electron chi connectivity index (χ4n) is 6.77. The number of nitrogens with one attached hydrogen (secondary N) is 2. The molecule has 250 valence electrons. The van der Waals surface area contributed by atoms with Crippen LogP contribution in [0.4, 0.5) is 11.4 Å². The number of benzene rings is 3. The van der Waals surface area contributed by atoms with Gasteiger partial charge in [-0.05, 0) is 105 Å². The summed E-state index contributed by atoms with van der Waals surface area (Å²) in [5.41, 5.74) is 6.91. The van der Waals surface area contributed by atoms with Crippen LogP contribution in [-0.2, 0) is 6.42 Å². The zero-order valence-corrected chi connectivity index (χ0v) is 29.2. The van der Waals surface area contributed by atoms with Crippen LogP contribution in [0, 0.1) is 0 Å². The Kier molecular flexibility index (Phi) is 12.8. The Labute approximate surface area is 286 Å². The fourth-order valence-corrected chi connectivity index (χ4v) is 6.77. The van der Waals surface area contributed by atoms with Gasteiger partial charge in [-0.2, -0.15) is 0 Å². The number of rotatable bonds is 17. The number of fused-ring (bicyclic) bond motifs is 2. The van der Waals surface area contributed by atoms with Crippen LogP contribution in [0.25, 0.3) is 43.8 Å². The van der Waals surface area contributed by atoms with Crippen LogP contribution >= 0.6 is 0 Å². The molecule has 0 aliphatic heterocycles. The highest BCUT2D eigenvalue weighted by Gasteiger charge is 2.15. The highest BCUT2D eigenvalue weighted by Crippen LogP contribution is 2.39. The third kappa shape index (κ3) is 8.52. The fraction of sp³-hybridized carbons (Fsp3) is 0.364. The summed E-state index contributed by atoms with van der Waals surface area (Å²) >= 11 is 0. The standard InChI is InChI=1S/C44H52N2O2/c1-4-7-8-9-10-11-12-13-16-36-37-19-14-17-34(32-21-25-41(45-29-5-2)43(47)27-23-32)39(37)31-40-35(18-15-20-38(36)40)33-22-26-42(46-30-6-3)44(48)28-24-33/h14-15,17-28,31H,4-13,16,29-30H2,1-3H3,(H,45,47)(H,46,48). The molecule has 0 aliphatic rings. The summed E-state index contributed by atoms with van der Waals surface area (Å²) in [6.45, 7) is 8.00. The largest absolute Gasteiger partial charge is 0.382 e. The summed E-state index contributed by atoms with van der Waals surface area (Å²) in [6.07, 6.45) is 13.2. The first-order chi connectivity index (χ1) is 23.5. The van der Waals surface area contributed by atoms with E-state index in [1.54, 1.807) is 12.1 Å². The topological polar surface area (TPSA) is 58.2 Å². The quantitative estimate of drug-likeness (QED) is 0.0784. The van der Waals surface area contributed by atoms with Crippen LogP contribution in [0.15, 0.2) is 101 Å². The van der Waals surface area contributed by atoms with Crippen molar-refractivity contribution in [3.8, 4) is 22.3 Å². The lowest BCUT2D eigenvalue weighted by Gasteiger charge is -2.17. The molecule has 5 rings (SSSR count).